The van der Waals surface area contributed by atoms with Gasteiger partial charge in [0.05, 0.1) is 0 Å². The van der Waals surface area contributed by atoms with Gasteiger partial charge in [-0.25, -0.2) is 0 Å². The second-order valence-electron chi connectivity index (χ2n) is 0. The summed E-state index contributed by atoms with van der Waals surface area (Å²) in [5.41, 5.74) is 0. The summed E-state index contributed by atoms with van der Waals surface area (Å²) in [5.74, 6) is 0. The van der Waals surface area contributed by atoms with Crippen LogP contribution in [0.1, 0.15) is 0 Å². The Kier molecular flexibility index (Phi) is 254. The van der Waals surface area contributed by atoms with Crippen LogP contribution < -0.4 is 6.15 Å². The van der Waals surface area contributed by atoms with Crippen molar-refractivity contribution >= 4 is 11.0 Å². The maximum atomic E-state index is 0. The Labute approximate surface area is 68.5 Å². The van der Waals surface area contributed by atoms with Crippen molar-refractivity contribution in [2.45, 2.75) is 0 Å². The molecule has 0 bridgehead atoms. The average molecular weight is 236 g/mol. The first-order valence-electron chi connectivity index (χ1n) is 0. The summed E-state index contributed by atoms with van der Waals surface area (Å²) >= 11 is 0. The quantitative estimate of drug-likeness (QED) is 0.536. The summed E-state index contributed by atoms with van der Waals surface area (Å²) in [5, 5.41) is 0. The molecule has 0 aliphatic heterocycles. The molecule has 34 valence electrons. The molecule has 4 radical (unpaired) electrons. The molecule has 0 aromatic carbocycles. The summed E-state index contributed by atoms with van der Waals surface area (Å²) in [6, 6.07) is 0. The third-order valence-electron chi connectivity index (χ3n) is 0. The fraction of sp³-hybridized carbons (Fsp3) is 0. The molecule has 0 aromatic rings. The van der Waals surface area contributed by atoms with Crippen LogP contribution in [0, 0.1) is 46.9 Å². The Morgan fingerprint density at radius 2 is 1.00 bits per heavy atom. The van der Waals surface area contributed by atoms with Crippen LogP contribution in [0.3, 0.4) is 0 Å². The summed E-state index contributed by atoms with van der Waals surface area (Å²) in [6.07, 6.45) is 0. The molecule has 0 spiro atoms. The van der Waals surface area contributed by atoms with Gasteiger partial charge in [-0.15, -0.1) is 0 Å². The summed E-state index contributed by atoms with van der Waals surface area (Å²) < 4.78 is 0. The van der Waals surface area contributed by atoms with Gasteiger partial charge in [0, 0.05) is 57.9 Å². The predicted molar refractivity (Wildman–Crippen MR) is 14.4 cm³/mol. The Balaban J connectivity index is 0. The van der Waals surface area contributed by atoms with Crippen LogP contribution in [0.4, 0.5) is 0 Å². The zero-order valence-electron chi connectivity index (χ0n) is 1.97. The third-order valence-corrected chi connectivity index (χ3v) is 0. The van der Waals surface area contributed by atoms with Gasteiger partial charge in [0.1, 0.15) is 0 Å². The van der Waals surface area contributed by atoms with Gasteiger partial charge >= 0.3 is 0 Å². The number of hydrogen-bond donors (Lipinski definition) is 1. The van der Waals surface area contributed by atoms with Crippen molar-refractivity contribution in [2.75, 3.05) is 0 Å². The Bertz CT molecular complexity index is 8.00. The van der Waals surface area contributed by atoms with E-state index in [1.165, 1.54) is 0 Å². The van der Waals surface area contributed by atoms with Gasteiger partial charge in [-0.3, -0.25) is 0 Å². The maximum Gasteiger partial charge on any atom is 0 e. The minimum absolute atomic E-state index is 0. The second kappa shape index (κ2) is 22.7. The molecular formula is H5NOSiYb. The van der Waals surface area contributed by atoms with Gasteiger partial charge in [-0.1, -0.05) is 0 Å². The molecule has 4 heavy (non-hydrogen) atoms. The molecule has 2 nitrogen and oxygen atoms in total. The third kappa shape index (κ3) is 9.40. The van der Waals surface area contributed by atoms with Crippen LogP contribution in [-0.4, -0.2) is 16.4 Å². The molecule has 0 fully saturated rings. The zero-order chi connectivity index (χ0) is 0. The van der Waals surface area contributed by atoms with Crippen molar-refractivity contribution in [1.82, 2.24) is 6.15 Å². The van der Waals surface area contributed by atoms with Crippen LogP contribution >= 0.6 is 0 Å². The molecule has 0 unspecified atom stereocenters. The monoisotopic (exact) mass is 237 g/mol. The van der Waals surface area contributed by atoms with E-state index < -0.39 is 0 Å². The van der Waals surface area contributed by atoms with E-state index in [0.717, 1.165) is 0 Å². The predicted octanol–water partition coefficient (Wildman–Crippen LogP) is -1.04. The van der Waals surface area contributed by atoms with Gasteiger partial charge in [-0.05, 0) is 0 Å². The first-order valence-corrected chi connectivity index (χ1v) is 0. The molecule has 0 heterocycles. The van der Waals surface area contributed by atoms with Crippen LogP contribution in [0.25, 0.3) is 0 Å². The van der Waals surface area contributed by atoms with E-state index >= 15 is 0 Å². The van der Waals surface area contributed by atoms with Crippen LogP contribution in [0.2, 0.25) is 0 Å². The first-order chi connectivity index (χ1) is 0. The van der Waals surface area contributed by atoms with E-state index in [2.05, 4.69) is 0 Å². The minimum atomic E-state index is 0. The zero-order valence-corrected chi connectivity index (χ0v) is 4.69. The average Bonchev–Trinajstić information content (AvgIpc) is 0. The minimum Gasteiger partial charge on any atom is -0.412 e. The molecule has 0 amide bonds. The second-order valence-corrected chi connectivity index (χ2v) is 0. The van der Waals surface area contributed by atoms with Crippen molar-refractivity contribution in [1.29, 1.82) is 0 Å². The van der Waals surface area contributed by atoms with E-state index in [-0.39, 0.29) is 69.5 Å². The topological polar surface area (TPSA) is 66.5 Å². The molecule has 0 saturated carbocycles. The van der Waals surface area contributed by atoms with Gasteiger partial charge in [0.25, 0.3) is 0 Å². The van der Waals surface area contributed by atoms with E-state index in [0.29, 0.717) is 0 Å². The van der Waals surface area contributed by atoms with E-state index in [9.17, 15) is 0 Å². The normalized spacial score (nSPS) is 0. The molecule has 0 aliphatic rings. The van der Waals surface area contributed by atoms with E-state index in [4.69, 9.17) is 0 Å². The van der Waals surface area contributed by atoms with Gasteiger partial charge in [0.15, 0.2) is 0 Å². The van der Waals surface area contributed by atoms with E-state index in [1.54, 1.807) is 0 Å². The smallest absolute Gasteiger partial charge is 0 e. The molecule has 0 aromatic heterocycles. The molecule has 0 aliphatic carbocycles. The molecule has 4 heteroatoms. The Morgan fingerprint density at radius 3 is 1.00 bits per heavy atom. The molecular weight excluding hydrogens is 231 g/mol. The number of rotatable bonds is 0. The largest absolute Gasteiger partial charge is 0.412 e. The van der Waals surface area contributed by atoms with Crippen molar-refractivity contribution < 1.29 is 52.4 Å². The van der Waals surface area contributed by atoms with Crippen molar-refractivity contribution in [2.24, 2.45) is 0 Å². The fourth-order valence-electron chi connectivity index (χ4n) is 0. The Morgan fingerprint density at radius 1 is 1.00 bits per heavy atom. The Hall–Kier alpha value is 1.66. The molecule has 5 N–H and O–H groups in total. The molecule has 0 saturated heterocycles. The van der Waals surface area contributed by atoms with Crippen LogP contribution in [0.5, 0.6) is 0 Å². The van der Waals surface area contributed by atoms with Crippen LogP contribution in [-0.2, 0) is 0 Å². The van der Waals surface area contributed by atoms with E-state index in [1.807, 2.05) is 0 Å². The van der Waals surface area contributed by atoms with Crippen LogP contribution in [0.15, 0.2) is 0 Å². The maximum absolute atomic E-state index is 0. The van der Waals surface area contributed by atoms with Crippen molar-refractivity contribution in [3.8, 4) is 0 Å². The first kappa shape index (κ1) is 44.7. The summed E-state index contributed by atoms with van der Waals surface area (Å²) in [4.78, 5) is 0. The van der Waals surface area contributed by atoms with Gasteiger partial charge in [-0.2, -0.15) is 0 Å². The van der Waals surface area contributed by atoms with Crippen molar-refractivity contribution in [3.63, 3.8) is 0 Å². The van der Waals surface area contributed by atoms with Gasteiger partial charge < -0.3 is 11.6 Å². The summed E-state index contributed by atoms with van der Waals surface area (Å²) in [6.45, 7) is 0. The molecule has 0 rings (SSSR count). The fourth-order valence-corrected chi connectivity index (χ4v) is 0. The van der Waals surface area contributed by atoms with Crippen molar-refractivity contribution in [3.05, 3.63) is 0 Å². The number of hydrogen-bond acceptors (Lipinski definition) is 1. The SMILES string of the molecule is N.O.[Si].[Yb]. The molecule has 0 atom stereocenters. The van der Waals surface area contributed by atoms with Gasteiger partial charge in [0.2, 0.25) is 0 Å². The standard InChI is InChI=1S/H3N.H2O.Si.Yb/h1H3;1H2;;. The summed E-state index contributed by atoms with van der Waals surface area (Å²) in [7, 11) is 0.